The summed E-state index contributed by atoms with van der Waals surface area (Å²) >= 11 is 1.24. The standard InChI is InChI=1S/C22H24Se2/c1-3-7-20(8-4-1)23-22(24-21-9-5-2-6-10-21)18-12-16-11-17(14-18)15-19(22)13-16/h1-10,16-19H,11-15H2. The van der Waals surface area contributed by atoms with Crippen LogP contribution in [0.4, 0.5) is 0 Å². The average Bonchev–Trinajstić information content (AvgIpc) is 2.61. The zero-order chi connectivity index (χ0) is 16.0. The monoisotopic (exact) mass is 448 g/mol. The zero-order valence-corrected chi connectivity index (χ0v) is 17.4. The summed E-state index contributed by atoms with van der Waals surface area (Å²) in [4.78, 5) is 0. The number of hydrogen-bond donors (Lipinski definition) is 0. The summed E-state index contributed by atoms with van der Waals surface area (Å²) in [5.74, 6) is 4.15. The van der Waals surface area contributed by atoms with Crippen molar-refractivity contribution in [2.24, 2.45) is 23.7 Å². The predicted molar refractivity (Wildman–Crippen MR) is 103 cm³/mol. The molecule has 0 amide bonds. The van der Waals surface area contributed by atoms with E-state index in [1.165, 1.54) is 25.7 Å². The molecule has 0 N–H and O–H groups in total. The fraction of sp³-hybridized carbons (Fsp3) is 0.455. The maximum atomic E-state index is 2.40. The van der Waals surface area contributed by atoms with E-state index in [1.54, 1.807) is 15.3 Å². The van der Waals surface area contributed by atoms with Crippen LogP contribution in [0, 0.1) is 23.7 Å². The summed E-state index contributed by atoms with van der Waals surface area (Å²) in [5, 5.41) is 0. The fourth-order valence-electron chi connectivity index (χ4n) is 5.54. The van der Waals surface area contributed by atoms with Crippen LogP contribution in [0.2, 0.25) is 3.21 Å². The van der Waals surface area contributed by atoms with Crippen LogP contribution in [-0.4, -0.2) is 29.9 Å². The van der Waals surface area contributed by atoms with Crippen molar-refractivity contribution < 1.29 is 0 Å². The van der Waals surface area contributed by atoms with Gasteiger partial charge in [-0.2, -0.15) is 0 Å². The number of rotatable bonds is 4. The topological polar surface area (TPSA) is 0 Å². The van der Waals surface area contributed by atoms with Crippen molar-refractivity contribution in [2.45, 2.75) is 35.3 Å². The Labute approximate surface area is 158 Å². The van der Waals surface area contributed by atoms with Gasteiger partial charge in [-0.3, -0.25) is 0 Å². The molecular formula is C22H24Se2. The molecule has 4 aliphatic carbocycles. The fourth-order valence-corrected chi connectivity index (χ4v) is 14.0. The van der Waals surface area contributed by atoms with E-state index in [4.69, 9.17) is 0 Å². The number of hydrogen-bond acceptors (Lipinski definition) is 0. The Bertz CT molecular complexity index is 623. The summed E-state index contributed by atoms with van der Waals surface area (Å²) < 4.78 is 3.90. The Morgan fingerprint density at radius 1 is 0.583 bits per heavy atom. The Hall–Kier alpha value is -0.521. The van der Waals surface area contributed by atoms with Crippen LogP contribution in [0.5, 0.6) is 0 Å². The van der Waals surface area contributed by atoms with Crippen LogP contribution in [0.15, 0.2) is 60.7 Å². The molecule has 4 saturated carbocycles. The van der Waals surface area contributed by atoms with Crippen LogP contribution in [-0.2, 0) is 0 Å². The van der Waals surface area contributed by atoms with Gasteiger partial charge in [0.05, 0.1) is 0 Å². The molecular weight excluding hydrogens is 422 g/mol. The quantitative estimate of drug-likeness (QED) is 0.630. The third-order valence-electron chi connectivity index (χ3n) is 6.32. The van der Waals surface area contributed by atoms with Gasteiger partial charge < -0.3 is 0 Å². The predicted octanol–water partition coefficient (Wildman–Crippen LogP) is 3.62. The van der Waals surface area contributed by atoms with E-state index in [0.717, 1.165) is 23.7 Å². The van der Waals surface area contributed by atoms with Gasteiger partial charge in [-0.1, -0.05) is 0 Å². The number of benzene rings is 2. The molecule has 2 aromatic carbocycles. The van der Waals surface area contributed by atoms with Crippen molar-refractivity contribution in [3.8, 4) is 0 Å². The molecule has 0 atom stereocenters. The van der Waals surface area contributed by atoms with E-state index in [9.17, 15) is 0 Å². The molecule has 0 aromatic heterocycles. The molecule has 0 radical (unpaired) electrons. The second-order valence-corrected chi connectivity index (χ2v) is 14.8. The van der Waals surface area contributed by atoms with E-state index < -0.39 is 0 Å². The van der Waals surface area contributed by atoms with Gasteiger partial charge in [0.25, 0.3) is 0 Å². The minimum atomic E-state index is 0.618. The van der Waals surface area contributed by atoms with Gasteiger partial charge >= 0.3 is 158 Å². The summed E-state index contributed by atoms with van der Waals surface area (Å²) in [5.41, 5.74) is 0. The third kappa shape index (κ3) is 2.73. The van der Waals surface area contributed by atoms with Crippen molar-refractivity contribution in [3.05, 3.63) is 60.7 Å². The van der Waals surface area contributed by atoms with Gasteiger partial charge in [0, 0.05) is 0 Å². The molecule has 124 valence electrons. The Balaban J connectivity index is 1.53. The van der Waals surface area contributed by atoms with E-state index in [1.807, 2.05) is 0 Å². The van der Waals surface area contributed by atoms with Crippen LogP contribution in [0.1, 0.15) is 32.1 Å². The molecule has 4 aliphatic rings. The molecule has 2 heteroatoms. The molecule has 0 unspecified atom stereocenters. The van der Waals surface area contributed by atoms with E-state index in [0.29, 0.717) is 33.1 Å². The van der Waals surface area contributed by atoms with Gasteiger partial charge in [0.2, 0.25) is 0 Å². The Morgan fingerprint density at radius 3 is 1.42 bits per heavy atom. The normalized spacial score (nSPS) is 32.8. The van der Waals surface area contributed by atoms with Gasteiger partial charge in [-0.05, 0) is 0 Å². The molecule has 0 spiro atoms. The van der Waals surface area contributed by atoms with E-state index in [-0.39, 0.29) is 0 Å². The molecule has 0 saturated heterocycles. The molecule has 6 rings (SSSR count). The molecule has 2 aromatic rings. The van der Waals surface area contributed by atoms with Crippen molar-refractivity contribution >= 4 is 38.8 Å². The molecule has 4 bridgehead atoms. The van der Waals surface area contributed by atoms with Gasteiger partial charge in [0.15, 0.2) is 0 Å². The van der Waals surface area contributed by atoms with E-state index in [2.05, 4.69) is 60.7 Å². The summed E-state index contributed by atoms with van der Waals surface area (Å²) in [6.45, 7) is 0. The average molecular weight is 446 g/mol. The minimum absolute atomic E-state index is 0.618. The molecule has 0 aliphatic heterocycles. The summed E-state index contributed by atoms with van der Waals surface area (Å²) in [7, 11) is 0. The van der Waals surface area contributed by atoms with Crippen LogP contribution >= 0.6 is 0 Å². The second kappa shape index (κ2) is 6.33. The Kier molecular flexibility index (Phi) is 4.14. The van der Waals surface area contributed by atoms with Crippen molar-refractivity contribution in [3.63, 3.8) is 0 Å². The maximum absolute atomic E-state index is 2.40. The van der Waals surface area contributed by atoms with E-state index >= 15 is 0 Å². The van der Waals surface area contributed by atoms with Crippen molar-refractivity contribution in [1.82, 2.24) is 0 Å². The molecule has 0 heterocycles. The van der Waals surface area contributed by atoms with Gasteiger partial charge in [-0.25, -0.2) is 0 Å². The first-order chi connectivity index (χ1) is 11.8. The first-order valence-corrected chi connectivity index (χ1v) is 12.7. The first-order valence-electron chi connectivity index (χ1n) is 9.30. The van der Waals surface area contributed by atoms with Crippen LogP contribution < -0.4 is 8.92 Å². The van der Waals surface area contributed by atoms with Crippen molar-refractivity contribution in [2.75, 3.05) is 0 Å². The summed E-state index contributed by atoms with van der Waals surface area (Å²) in [6, 6.07) is 22.9. The van der Waals surface area contributed by atoms with Crippen LogP contribution in [0.25, 0.3) is 0 Å². The zero-order valence-electron chi connectivity index (χ0n) is 13.9. The SMILES string of the molecule is c1ccc([Se]C2([Se]c3ccccc3)C3CC4CC(C3)CC2C4)cc1. The van der Waals surface area contributed by atoms with Crippen molar-refractivity contribution in [1.29, 1.82) is 0 Å². The van der Waals surface area contributed by atoms with Gasteiger partial charge in [-0.15, -0.1) is 0 Å². The molecule has 0 nitrogen and oxygen atoms in total. The summed E-state index contributed by atoms with van der Waals surface area (Å²) in [6.07, 6.45) is 7.71. The molecule has 24 heavy (non-hydrogen) atoms. The first kappa shape index (κ1) is 15.7. The van der Waals surface area contributed by atoms with Gasteiger partial charge in [0.1, 0.15) is 0 Å². The third-order valence-corrected chi connectivity index (χ3v) is 14.4. The molecule has 4 fully saturated rings. The second-order valence-electron chi connectivity index (χ2n) is 7.86. The van der Waals surface area contributed by atoms with Crippen LogP contribution in [0.3, 0.4) is 0 Å². The Morgan fingerprint density at radius 2 is 1.00 bits per heavy atom.